The summed E-state index contributed by atoms with van der Waals surface area (Å²) in [4.78, 5) is 0. The summed E-state index contributed by atoms with van der Waals surface area (Å²) >= 11 is 0. The molecule has 13 heavy (non-hydrogen) atoms. The average molecular weight is 168 g/mol. The van der Waals surface area contributed by atoms with Gasteiger partial charge >= 0.3 is 0 Å². The lowest BCUT2D eigenvalue weighted by Crippen LogP contribution is -1.83. The largest absolute Gasteiger partial charge is 0.0616 e. The maximum absolute atomic E-state index is 2.30. The molecule has 2 aromatic rings. The molecule has 0 bridgehead atoms. The number of fused-ring (bicyclic) bond motifs is 3. The van der Waals surface area contributed by atoms with Gasteiger partial charge in [-0.3, -0.25) is 0 Å². The minimum atomic E-state index is 1.27. The van der Waals surface area contributed by atoms with Gasteiger partial charge in [-0.15, -0.1) is 0 Å². The van der Waals surface area contributed by atoms with Gasteiger partial charge in [-0.2, -0.15) is 0 Å². The third-order valence-corrected chi connectivity index (χ3v) is 3.01. The number of aryl methyl sites for hydroxylation is 2. The van der Waals surface area contributed by atoms with Crippen molar-refractivity contribution in [3.63, 3.8) is 0 Å². The van der Waals surface area contributed by atoms with E-state index in [1.165, 1.54) is 30.0 Å². The fourth-order valence-electron chi connectivity index (χ4n) is 2.37. The quantitative estimate of drug-likeness (QED) is 0.566. The molecule has 0 fully saturated rings. The Morgan fingerprint density at radius 1 is 0.846 bits per heavy atom. The summed E-state index contributed by atoms with van der Waals surface area (Å²) in [6.07, 6.45) is 3.89. The van der Waals surface area contributed by atoms with E-state index in [0.29, 0.717) is 0 Å². The highest BCUT2D eigenvalue weighted by Gasteiger charge is 2.12. The van der Waals surface area contributed by atoms with Crippen molar-refractivity contribution in [1.29, 1.82) is 0 Å². The highest BCUT2D eigenvalue weighted by atomic mass is 14.2. The van der Waals surface area contributed by atoms with Crippen LogP contribution in [0, 0.1) is 0 Å². The van der Waals surface area contributed by atoms with Crippen molar-refractivity contribution in [2.75, 3.05) is 0 Å². The topological polar surface area (TPSA) is 0 Å². The Bertz CT molecular complexity index is 455. The van der Waals surface area contributed by atoms with Gasteiger partial charge < -0.3 is 0 Å². The van der Waals surface area contributed by atoms with Crippen LogP contribution in [-0.2, 0) is 12.8 Å². The highest BCUT2D eigenvalue weighted by molar-refractivity contribution is 5.87. The minimum Gasteiger partial charge on any atom is -0.0616 e. The average Bonchev–Trinajstić information content (AvgIpc) is 2.65. The van der Waals surface area contributed by atoms with Crippen LogP contribution in [-0.4, -0.2) is 0 Å². The van der Waals surface area contributed by atoms with Crippen LogP contribution >= 0.6 is 0 Å². The molecule has 2 aromatic carbocycles. The molecule has 0 N–H and O–H groups in total. The summed E-state index contributed by atoms with van der Waals surface area (Å²) in [5.74, 6) is 0. The summed E-state index contributed by atoms with van der Waals surface area (Å²) in [5, 5.41) is 2.86. The van der Waals surface area contributed by atoms with Crippen molar-refractivity contribution >= 4 is 10.8 Å². The molecule has 3 rings (SSSR count). The maximum Gasteiger partial charge on any atom is -0.0149 e. The normalized spacial score (nSPS) is 14.8. The maximum atomic E-state index is 2.30. The first-order valence-electron chi connectivity index (χ1n) is 4.95. The fraction of sp³-hybridized carbons (Fsp3) is 0.231. The lowest BCUT2D eigenvalue weighted by molar-refractivity contribution is 0.913. The SMILES string of the molecule is c1ccc2c3c(ccc2c1)CCC3. The molecule has 0 amide bonds. The van der Waals surface area contributed by atoms with Crippen molar-refractivity contribution in [3.8, 4) is 0 Å². The van der Waals surface area contributed by atoms with Crippen LogP contribution in [0.5, 0.6) is 0 Å². The minimum absolute atomic E-state index is 1.27. The zero-order chi connectivity index (χ0) is 8.67. The van der Waals surface area contributed by atoms with Gasteiger partial charge in [0.05, 0.1) is 0 Å². The molecule has 1 aliphatic rings. The predicted molar refractivity (Wildman–Crippen MR) is 56.0 cm³/mol. The van der Waals surface area contributed by atoms with E-state index in [1.54, 1.807) is 11.1 Å². The number of benzene rings is 2. The zero-order valence-corrected chi connectivity index (χ0v) is 7.59. The Balaban J connectivity index is 2.43. The molecule has 0 saturated carbocycles. The number of rotatable bonds is 0. The first-order valence-corrected chi connectivity index (χ1v) is 4.95. The monoisotopic (exact) mass is 168 g/mol. The molecular formula is C13H12. The second-order valence-electron chi connectivity index (χ2n) is 3.78. The summed E-state index contributed by atoms with van der Waals surface area (Å²) in [7, 11) is 0. The summed E-state index contributed by atoms with van der Waals surface area (Å²) in [5.41, 5.74) is 3.16. The molecule has 1 aliphatic carbocycles. The Morgan fingerprint density at radius 2 is 1.77 bits per heavy atom. The third-order valence-electron chi connectivity index (χ3n) is 3.01. The van der Waals surface area contributed by atoms with E-state index < -0.39 is 0 Å². The van der Waals surface area contributed by atoms with Crippen LogP contribution in [0.15, 0.2) is 36.4 Å². The lowest BCUT2D eigenvalue weighted by Gasteiger charge is -2.03. The van der Waals surface area contributed by atoms with Crippen LogP contribution in [0.4, 0.5) is 0 Å². The Labute approximate surface area is 78.2 Å². The van der Waals surface area contributed by atoms with E-state index in [2.05, 4.69) is 36.4 Å². The Kier molecular flexibility index (Phi) is 1.42. The van der Waals surface area contributed by atoms with Crippen LogP contribution in [0.3, 0.4) is 0 Å². The Morgan fingerprint density at radius 3 is 2.77 bits per heavy atom. The van der Waals surface area contributed by atoms with Crippen molar-refractivity contribution in [2.24, 2.45) is 0 Å². The smallest absolute Gasteiger partial charge is 0.0149 e. The number of hydrogen-bond donors (Lipinski definition) is 0. The van der Waals surface area contributed by atoms with Crippen LogP contribution in [0.2, 0.25) is 0 Å². The van der Waals surface area contributed by atoms with E-state index in [0.717, 1.165) is 0 Å². The molecular weight excluding hydrogens is 156 g/mol. The first kappa shape index (κ1) is 7.14. The van der Waals surface area contributed by atoms with Gasteiger partial charge in [-0.25, -0.2) is 0 Å². The second-order valence-corrected chi connectivity index (χ2v) is 3.78. The summed E-state index contributed by atoms with van der Waals surface area (Å²) in [6.45, 7) is 0. The van der Waals surface area contributed by atoms with Gasteiger partial charge in [0.25, 0.3) is 0 Å². The predicted octanol–water partition coefficient (Wildman–Crippen LogP) is 3.33. The molecule has 0 aliphatic heterocycles. The lowest BCUT2D eigenvalue weighted by atomic mass is 10.0. The van der Waals surface area contributed by atoms with Crippen LogP contribution < -0.4 is 0 Å². The van der Waals surface area contributed by atoms with E-state index in [1.807, 2.05) is 0 Å². The van der Waals surface area contributed by atoms with E-state index in [-0.39, 0.29) is 0 Å². The molecule has 0 heterocycles. The van der Waals surface area contributed by atoms with Crippen LogP contribution in [0.25, 0.3) is 10.8 Å². The first-order chi connectivity index (χ1) is 6.45. The molecule has 0 radical (unpaired) electrons. The molecule has 64 valence electrons. The standard InChI is InChI=1S/C13H12/c1-2-6-12-10(4-1)8-9-11-5-3-7-13(11)12/h1-2,4,6,8-9H,3,5,7H2. The molecule has 0 saturated heterocycles. The van der Waals surface area contributed by atoms with Gasteiger partial charge in [-0.1, -0.05) is 36.4 Å². The van der Waals surface area contributed by atoms with Gasteiger partial charge in [0.15, 0.2) is 0 Å². The van der Waals surface area contributed by atoms with Gasteiger partial charge in [0.2, 0.25) is 0 Å². The summed E-state index contributed by atoms with van der Waals surface area (Å²) in [6, 6.07) is 13.3. The van der Waals surface area contributed by atoms with E-state index in [9.17, 15) is 0 Å². The van der Waals surface area contributed by atoms with E-state index >= 15 is 0 Å². The van der Waals surface area contributed by atoms with E-state index in [4.69, 9.17) is 0 Å². The highest BCUT2D eigenvalue weighted by Crippen LogP contribution is 2.29. The molecule has 0 aromatic heterocycles. The number of hydrogen-bond acceptors (Lipinski definition) is 0. The van der Waals surface area contributed by atoms with Gasteiger partial charge in [0.1, 0.15) is 0 Å². The molecule has 0 unspecified atom stereocenters. The summed E-state index contributed by atoms with van der Waals surface area (Å²) < 4.78 is 0. The van der Waals surface area contributed by atoms with Crippen LogP contribution in [0.1, 0.15) is 17.5 Å². The fourth-order valence-corrected chi connectivity index (χ4v) is 2.37. The molecule has 0 atom stereocenters. The van der Waals surface area contributed by atoms with Crippen molar-refractivity contribution in [1.82, 2.24) is 0 Å². The molecule has 0 heteroatoms. The third kappa shape index (κ3) is 0.983. The molecule has 0 spiro atoms. The van der Waals surface area contributed by atoms with Crippen molar-refractivity contribution in [3.05, 3.63) is 47.5 Å². The van der Waals surface area contributed by atoms with Crippen molar-refractivity contribution in [2.45, 2.75) is 19.3 Å². The van der Waals surface area contributed by atoms with Gasteiger partial charge in [0, 0.05) is 0 Å². The molecule has 0 nitrogen and oxygen atoms in total. The zero-order valence-electron chi connectivity index (χ0n) is 7.59. The van der Waals surface area contributed by atoms with Crippen molar-refractivity contribution < 1.29 is 0 Å². The second kappa shape index (κ2) is 2.59. The Hall–Kier alpha value is -1.30. The van der Waals surface area contributed by atoms with Gasteiger partial charge in [-0.05, 0) is 41.2 Å².